The normalized spacial score (nSPS) is 18.6. The molecule has 0 unspecified atom stereocenters. The maximum atomic E-state index is 15.1. The molecule has 4 rings (SSSR count). The zero-order valence-electron chi connectivity index (χ0n) is 16.6. The van der Waals surface area contributed by atoms with Gasteiger partial charge in [-0.3, -0.25) is 9.88 Å². The first kappa shape index (κ1) is 19.8. The third-order valence-corrected chi connectivity index (χ3v) is 5.64. The Kier molecular flexibility index (Phi) is 4.90. The summed E-state index contributed by atoms with van der Waals surface area (Å²) < 4.78 is 20.5. The molecule has 2 atom stereocenters. The van der Waals surface area contributed by atoms with E-state index in [1.54, 1.807) is 19.1 Å². The fraction of sp³-hybridized carbons (Fsp3) is 0.286. The van der Waals surface area contributed by atoms with Crippen LogP contribution in [0.25, 0.3) is 21.9 Å². The van der Waals surface area contributed by atoms with Gasteiger partial charge in [-0.25, -0.2) is 14.2 Å². The topological polar surface area (TPSA) is 128 Å². The molecule has 1 amide bonds. The van der Waals surface area contributed by atoms with Crippen LogP contribution in [0.5, 0.6) is 0 Å². The summed E-state index contributed by atoms with van der Waals surface area (Å²) in [6, 6.07) is 2.86. The van der Waals surface area contributed by atoms with Crippen LogP contribution in [-0.4, -0.2) is 40.4 Å². The van der Waals surface area contributed by atoms with Gasteiger partial charge >= 0.3 is 6.09 Å². The lowest BCUT2D eigenvalue weighted by molar-refractivity contribution is 0.181. The molecule has 5 N–H and O–H groups in total. The van der Waals surface area contributed by atoms with Crippen LogP contribution < -0.4 is 16.4 Å². The lowest BCUT2D eigenvalue weighted by Crippen LogP contribution is -2.43. The minimum absolute atomic E-state index is 0.0217. The first-order chi connectivity index (χ1) is 14.3. The molecule has 1 aromatic carbocycles. The Bertz CT molecular complexity index is 1150. The number of carbonyl (C=O) groups is 1. The number of carboxylic acid groups (broad SMARTS) is 1. The summed E-state index contributed by atoms with van der Waals surface area (Å²) in [5.41, 5.74) is 13.8. The van der Waals surface area contributed by atoms with E-state index >= 15 is 4.39 Å². The van der Waals surface area contributed by atoms with Crippen LogP contribution in [0.2, 0.25) is 0 Å². The molecular weight excluding hydrogens is 389 g/mol. The Hall–Kier alpha value is -3.46. The number of rotatable bonds is 3. The van der Waals surface area contributed by atoms with Crippen molar-refractivity contribution in [2.24, 2.45) is 5.92 Å². The molecule has 30 heavy (non-hydrogen) atoms. The summed E-state index contributed by atoms with van der Waals surface area (Å²) >= 11 is 0. The highest BCUT2D eigenvalue weighted by Crippen LogP contribution is 2.37. The van der Waals surface area contributed by atoms with Gasteiger partial charge in [0.25, 0.3) is 0 Å². The number of nitrogen functional groups attached to an aromatic ring is 2. The number of benzene rings is 1. The maximum absolute atomic E-state index is 15.1. The second-order valence-electron chi connectivity index (χ2n) is 7.55. The van der Waals surface area contributed by atoms with Crippen molar-refractivity contribution in [2.75, 3.05) is 29.6 Å². The first-order valence-corrected chi connectivity index (χ1v) is 9.47. The standard InChI is InChI=1S/C21H22FN5O3/c1-10-8-30-9-17(10)27(21(28)29)18-4-12-3-13(14-5-25-7-16(23)11(14)2)19(22)20(24)15(12)6-26-18/h3-7,10,17H,8-9,23-24H2,1-2H3,(H,28,29)/t10-,17+/m1/s1. The van der Waals surface area contributed by atoms with Crippen LogP contribution in [0.15, 0.2) is 30.7 Å². The Morgan fingerprint density at radius 2 is 2.00 bits per heavy atom. The second kappa shape index (κ2) is 7.42. The van der Waals surface area contributed by atoms with E-state index < -0.39 is 11.9 Å². The zero-order valence-corrected chi connectivity index (χ0v) is 16.6. The molecule has 156 valence electrons. The van der Waals surface area contributed by atoms with Gasteiger partial charge in [0.2, 0.25) is 0 Å². The van der Waals surface area contributed by atoms with E-state index in [0.29, 0.717) is 34.2 Å². The van der Waals surface area contributed by atoms with E-state index in [1.807, 2.05) is 6.92 Å². The average Bonchev–Trinajstić information content (AvgIpc) is 3.12. The van der Waals surface area contributed by atoms with Crippen LogP contribution in [0.1, 0.15) is 12.5 Å². The molecule has 0 saturated carbocycles. The molecule has 3 heterocycles. The Balaban J connectivity index is 1.89. The number of fused-ring (bicyclic) bond motifs is 1. The molecule has 1 saturated heterocycles. The van der Waals surface area contributed by atoms with Gasteiger partial charge in [-0.2, -0.15) is 0 Å². The van der Waals surface area contributed by atoms with Crippen molar-refractivity contribution in [3.8, 4) is 11.1 Å². The maximum Gasteiger partial charge on any atom is 0.413 e. The van der Waals surface area contributed by atoms with E-state index in [-0.39, 0.29) is 35.6 Å². The number of nitrogens with two attached hydrogens (primary N) is 2. The highest BCUT2D eigenvalue weighted by Gasteiger charge is 2.35. The van der Waals surface area contributed by atoms with Gasteiger partial charge in [0.15, 0.2) is 5.82 Å². The summed E-state index contributed by atoms with van der Waals surface area (Å²) in [6.07, 6.45) is 3.29. The molecule has 3 aromatic rings. The van der Waals surface area contributed by atoms with Crippen LogP contribution >= 0.6 is 0 Å². The van der Waals surface area contributed by atoms with Crippen molar-refractivity contribution in [1.29, 1.82) is 0 Å². The third kappa shape index (κ3) is 3.17. The molecule has 1 fully saturated rings. The van der Waals surface area contributed by atoms with Gasteiger partial charge in [0.1, 0.15) is 5.82 Å². The molecule has 8 nitrogen and oxygen atoms in total. The minimum atomic E-state index is -1.13. The lowest BCUT2D eigenvalue weighted by Gasteiger charge is -2.27. The second-order valence-corrected chi connectivity index (χ2v) is 7.55. The van der Waals surface area contributed by atoms with Crippen molar-refractivity contribution in [1.82, 2.24) is 9.97 Å². The van der Waals surface area contributed by atoms with Crippen molar-refractivity contribution in [2.45, 2.75) is 19.9 Å². The van der Waals surface area contributed by atoms with Crippen molar-refractivity contribution in [3.05, 3.63) is 42.1 Å². The fourth-order valence-electron chi connectivity index (χ4n) is 3.82. The summed E-state index contributed by atoms with van der Waals surface area (Å²) in [5.74, 6) is -0.342. The van der Waals surface area contributed by atoms with Gasteiger partial charge in [-0.1, -0.05) is 6.92 Å². The van der Waals surface area contributed by atoms with E-state index in [0.717, 1.165) is 0 Å². The van der Waals surface area contributed by atoms with Gasteiger partial charge < -0.3 is 21.3 Å². The Morgan fingerprint density at radius 1 is 1.23 bits per heavy atom. The molecule has 0 spiro atoms. The molecule has 0 aliphatic carbocycles. The largest absolute Gasteiger partial charge is 0.465 e. The van der Waals surface area contributed by atoms with Crippen molar-refractivity contribution < 1.29 is 19.0 Å². The number of anilines is 3. The molecule has 2 aromatic heterocycles. The minimum Gasteiger partial charge on any atom is -0.465 e. The number of hydrogen-bond donors (Lipinski definition) is 3. The molecule has 9 heteroatoms. The Labute approximate surface area is 172 Å². The smallest absolute Gasteiger partial charge is 0.413 e. The SMILES string of the molecule is Cc1c(N)cncc1-c1cc2cc(N(C(=O)O)[C@H]3COC[C@H]3C)ncc2c(N)c1F. The van der Waals surface area contributed by atoms with Gasteiger partial charge in [0.05, 0.1) is 36.8 Å². The lowest BCUT2D eigenvalue weighted by atomic mass is 9.97. The quantitative estimate of drug-likeness (QED) is 0.563. The fourth-order valence-corrected chi connectivity index (χ4v) is 3.82. The van der Waals surface area contributed by atoms with E-state index in [2.05, 4.69) is 9.97 Å². The van der Waals surface area contributed by atoms with Gasteiger partial charge in [-0.15, -0.1) is 0 Å². The zero-order chi connectivity index (χ0) is 21.6. The third-order valence-electron chi connectivity index (χ3n) is 5.64. The average molecular weight is 411 g/mol. The monoisotopic (exact) mass is 411 g/mol. The van der Waals surface area contributed by atoms with Crippen molar-refractivity contribution >= 4 is 34.1 Å². The van der Waals surface area contributed by atoms with E-state index in [4.69, 9.17) is 16.2 Å². The van der Waals surface area contributed by atoms with Crippen molar-refractivity contribution in [3.63, 3.8) is 0 Å². The first-order valence-electron chi connectivity index (χ1n) is 9.47. The van der Waals surface area contributed by atoms with E-state index in [1.165, 1.54) is 23.5 Å². The van der Waals surface area contributed by atoms with Crippen LogP contribution in [0, 0.1) is 18.7 Å². The molecular formula is C21H22FN5O3. The number of amides is 1. The molecule has 0 bridgehead atoms. The highest BCUT2D eigenvalue weighted by molar-refractivity contribution is 5.99. The number of aromatic nitrogens is 2. The summed E-state index contributed by atoms with van der Waals surface area (Å²) in [4.78, 5) is 21.5. The highest BCUT2D eigenvalue weighted by atomic mass is 19.1. The van der Waals surface area contributed by atoms with E-state index in [9.17, 15) is 9.90 Å². The molecule has 1 aliphatic rings. The number of hydrogen-bond acceptors (Lipinski definition) is 6. The summed E-state index contributed by atoms with van der Waals surface area (Å²) in [5, 5.41) is 10.8. The van der Waals surface area contributed by atoms with Crippen LogP contribution in [0.4, 0.5) is 26.4 Å². The van der Waals surface area contributed by atoms with Gasteiger partial charge in [0, 0.05) is 34.8 Å². The number of nitrogens with zero attached hydrogens (tertiary/aromatic N) is 3. The van der Waals surface area contributed by atoms with Gasteiger partial charge in [-0.05, 0) is 30.0 Å². The summed E-state index contributed by atoms with van der Waals surface area (Å²) in [7, 11) is 0. The Morgan fingerprint density at radius 3 is 2.67 bits per heavy atom. The molecule has 1 aliphatic heterocycles. The predicted octanol–water partition coefficient (Wildman–Crippen LogP) is 3.43. The number of ether oxygens (including phenoxy) is 1. The predicted molar refractivity (Wildman–Crippen MR) is 113 cm³/mol. The van der Waals surface area contributed by atoms with Crippen LogP contribution in [0.3, 0.4) is 0 Å². The number of pyridine rings is 2. The summed E-state index contributed by atoms with van der Waals surface area (Å²) in [6.45, 7) is 4.47. The number of halogens is 1. The molecule has 0 radical (unpaired) electrons. The van der Waals surface area contributed by atoms with Crippen LogP contribution in [-0.2, 0) is 4.74 Å².